The number of carbonyl (C=O) groups is 1. The lowest BCUT2D eigenvalue weighted by molar-refractivity contribution is -0.180. The zero-order valence-corrected chi connectivity index (χ0v) is 10.6. The van der Waals surface area contributed by atoms with Crippen molar-refractivity contribution < 1.29 is 19.0 Å². The van der Waals surface area contributed by atoms with Gasteiger partial charge >= 0.3 is 5.97 Å². The molecular weight excluding hydrogens is 234 g/mol. The van der Waals surface area contributed by atoms with Gasteiger partial charge in [-0.2, -0.15) is 0 Å². The third-order valence-electron chi connectivity index (χ3n) is 2.68. The molecule has 5 nitrogen and oxygen atoms in total. The summed E-state index contributed by atoms with van der Waals surface area (Å²) in [5.41, 5.74) is 1.71. The van der Waals surface area contributed by atoms with Gasteiger partial charge in [0.1, 0.15) is 0 Å². The molecule has 0 aromatic carbocycles. The summed E-state index contributed by atoms with van der Waals surface area (Å²) in [5, 5.41) is 0. The maximum atomic E-state index is 11.7. The van der Waals surface area contributed by atoms with E-state index < -0.39 is 11.8 Å². The number of methoxy groups -OCH3 is 1. The Labute approximate surface area is 105 Å². The summed E-state index contributed by atoms with van der Waals surface area (Å²) in [5.74, 6) is -0.910. The highest BCUT2D eigenvalue weighted by Gasteiger charge is 2.33. The fraction of sp³-hybridized carbons (Fsp3) is 0.385. The second-order valence-electron chi connectivity index (χ2n) is 4.36. The fourth-order valence-corrected chi connectivity index (χ4v) is 1.74. The average molecular weight is 249 g/mol. The predicted molar refractivity (Wildman–Crippen MR) is 65.2 cm³/mol. The number of ether oxygens (including phenoxy) is 3. The minimum atomic E-state index is -0.794. The van der Waals surface area contributed by atoms with Crippen molar-refractivity contribution in [1.29, 1.82) is 0 Å². The van der Waals surface area contributed by atoms with E-state index in [4.69, 9.17) is 14.2 Å². The van der Waals surface area contributed by atoms with Crippen molar-refractivity contribution in [3.63, 3.8) is 0 Å². The van der Waals surface area contributed by atoms with Crippen molar-refractivity contribution in [2.75, 3.05) is 7.11 Å². The topological polar surface area (TPSA) is 57.7 Å². The Morgan fingerprint density at radius 3 is 2.94 bits per heavy atom. The molecule has 0 radical (unpaired) electrons. The Kier molecular flexibility index (Phi) is 3.09. The molecule has 18 heavy (non-hydrogen) atoms. The van der Waals surface area contributed by atoms with Crippen LogP contribution in [-0.4, -0.2) is 23.9 Å². The van der Waals surface area contributed by atoms with Crippen LogP contribution in [0.4, 0.5) is 0 Å². The smallest absolute Gasteiger partial charge is 0.360 e. The van der Waals surface area contributed by atoms with Gasteiger partial charge in [0.15, 0.2) is 11.4 Å². The maximum Gasteiger partial charge on any atom is 0.360 e. The second-order valence-corrected chi connectivity index (χ2v) is 4.36. The molecule has 0 aliphatic carbocycles. The molecule has 1 aliphatic heterocycles. The molecule has 0 unspecified atom stereocenters. The minimum absolute atomic E-state index is 0.162. The molecule has 2 heterocycles. The SMILES string of the molecule is C=Cc1cnc(C(=O)OC)c2c1COC(C)(C)O2. The van der Waals surface area contributed by atoms with Crippen LogP contribution in [0.25, 0.3) is 6.08 Å². The van der Waals surface area contributed by atoms with Gasteiger partial charge in [-0.1, -0.05) is 12.7 Å². The van der Waals surface area contributed by atoms with Crippen molar-refractivity contribution >= 4 is 12.0 Å². The number of nitrogens with zero attached hydrogens (tertiary/aromatic N) is 1. The van der Waals surface area contributed by atoms with Gasteiger partial charge in [0.2, 0.25) is 5.79 Å². The molecule has 0 saturated heterocycles. The van der Waals surface area contributed by atoms with E-state index in [9.17, 15) is 4.79 Å². The van der Waals surface area contributed by atoms with Crippen LogP contribution in [0.15, 0.2) is 12.8 Å². The first-order valence-electron chi connectivity index (χ1n) is 5.54. The number of hydrogen-bond acceptors (Lipinski definition) is 5. The second kappa shape index (κ2) is 4.42. The molecule has 96 valence electrons. The first kappa shape index (κ1) is 12.6. The Bertz CT molecular complexity index is 508. The van der Waals surface area contributed by atoms with E-state index in [0.29, 0.717) is 12.4 Å². The van der Waals surface area contributed by atoms with Crippen molar-refractivity contribution in [2.24, 2.45) is 0 Å². The predicted octanol–water partition coefficient (Wildman–Crippen LogP) is 2.16. The van der Waals surface area contributed by atoms with Gasteiger partial charge in [0.05, 0.1) is 13.7 Å². The average Bonchev–Trinajstić information content (AvgIpc) is 2.35. The first-order valence-corrected chi connectivity index (χ1v) is 5.54. The monoisotopic (exact) mass is 249 g/mol. The Morgan fingerprint density at radius 1 is 1.61 bits per heavy atom. The van der Waals surface area contributed by atoms with E-state index in [1.165, 1.54) is 7.11 Å². The van der Waals surface area contributed by atoms with Crippen LogP contribution in [0, 0.1) is 0 Å². The summed E-state index contributed by atoms with van der Waals surface area (Å²) < 4.78 is 15.9. The number of carbonyl (C=O) groups excluding carboxylic acids is 1. The Balaban J connectivity index is 2.59. The molecule has 5 heteroatoms. The highest BCUT2D eigenvalue weighted by Crippen LogP contribution is 2.35. The molecule has 0 N–H and O–H groups in total. The third kappa shape index (κ3) is 2.09. The largest absolute Gasteiger partial charge is 0.464 e. The molecule has 0 saturated carbocycles. The molecule has 1 aliphatic rings. The number of rotatable bonds is 2. The van der Waals surface area contributed by atoms with Crippen LogP contribution in [0.3, 0.4) is 0 Å². The van der Waals surface area contributed by atoms with Crippen molar-refractivity contribution in [3.05, 3.63) is 29.6 Å². The molecule has 0 bridgehead atoms. The van der Waals surface area contributed by atoms with Crippen LogP contribution < -0.4 is 4.74 Å². The van der Waals surface area contributed by atoms with Crippen molar-refractivity contribution in [1.82, 2.24) is 4.98 Å². The van der Waals surface area contributed by atoms with Gasteiger partial charge in [-0.05, 0) is 0 Å². The summed E-state index contributed by atoms with van der Waals surface area (Å²) in [6, 6.07) is 0. The lowest BCUT2D eigenvalue weighted by Crippen LogP contribution is -2.36. The number of fused-ring (bicyclic) bond motifs is 1. The van der Waals surface area contributed by atoms with Crippen LogP contribution in [0.5, 0.6) is 5.75 Å². The molecule has 1 aromatic rings. The third-order valence-corrected chi connectivity index (χ3v) is 2.68. The molecule has 0 atom stereocenters. The van der Waals surface area contributed by atoms with Crippen LogP contribution >= 0.6 is 0 Å². The standard InChI is InChI=1S/C13H15NO4/c1-5-8-6-14-10(12(15)16-4)11-9(8)7-17-13(2,3)18-11/h5-6H,1,7H2,2-4H3. The molecule has 0 amide bonds. The lowest BCUT2D eigenvalue weighted by Gasteiger charge is -2.33. The lowest BCUT2D eigenvalue weighted by atomic mass is 10.1. The molecule has 0 fully saturated rings. The van der Waals surface area contributed by atoms with Gasteiger partial charge in [0.25, 0.3) is 0 Å². The Morgan fingerprint density at radius 2 is 2.33 bits per heavy atom. The first-order chi connectivity index (χ1) is 8.48. The maximum absolute atomic E-state index is 11.7. The summed E-state index contributed by atoms with van der Waals surface area (Å²) in [7, 11) is 1.31. The number of esters is 1. The number of aromatic nitrogens is 1. The Hall–Kier alpha value is -1.88. The van der Waals surface area contributed by atoms with E-state index >= 15 is 0 Å². The van der Waals surface area contributed by atoms with E-state index in [2.05, 4.69) is 11.6 Å². The van der Waals surface area contributed by atoms with E-state index in [1.54, 1.807) is 26.1 Å². The zero-order valence-electron chi connectivity index (χ0n) is 10.6. The molecule has 2 rings (SSSR count). The van der Waals surface area contributed by atoms with Gasteiger partial charge < -0.3 is 14.2 Å². The van der Waals surface area contributed by atoms with Gasteiger partial charge in [0, 0.05) is 31.2 Å². The van der Waals surface area contributed by atoms with Crippen LogP contribution in [-0.2, 0) is 16.1 Å². The minimum Gasteiger partial charge on any atom is -0.464 e. The fourth-order valence-electron chi connectivity index (χ4n) is 1.74. The van der Waals surface area contributed by atoms with E-state index in [0.717, 1.165) is 11.1 Å². The highest BCUT2D eigenvalue weighted by atomic mass is 16.7. The summed E-state index contributed by atoms with van der Waals surface area (Å²) in [6.07, 6.45) is 3.21. The van der Waals surface area contributed by atoms with E-state index in [-0.39, 0.29) is 5.69 Å². The van der Waals surface area contributed by atoms with Gasteiger partial charge in [-0.25, -0.2) is 9.78 Å². The summed E-state index contributed by atoms with van der Waals surface area (Å²) >= 11 is 0. The van der Waals surface area contributed by atoms with E-state index in [1.807, 2.05) is 0 Å². The quantitative estimate of drug-likeness (QED) is 0.752. The highest BCUT2D eigenvalue weighted by molar-refractivity contribution is 5.91. The zero-order chi connectivity index (χ0) is 13.3. The van der Waals surface area contributed by atoms with Crippen LogP contribution in [0.2, 0.25) is 0 Å². The molecule has 1 aromatic heterocycles. The number of hydrogen-bond donors (Lipinski definition) is 0. The molecule has 0 spiro atoms. The number of pyridine rings is 1. The normalized spacial score (nSPS) is 16.4. The molecular formula is C13H15NO4. The summed E-state index contributed by atoms with van der Waals surface area (Å²) in [6.45, 7) is 7.60. The summed E-state index contributed by atoms with van der Waals surface area (Å²) in [4.78, 5) is 15.7. The van der Waals surface area contributed by atoms with Crippen molar-refractivity contribution in [3.8, 4) is 5.75 Å². The van der Waals surface area contributed by atoms with Gasteiger partial charge in [-0.3, -0.25) is 0 Å². The van der Waals surface area contributed by atoms with Gasteiger partial charge in [-0.15, -0.1) is 0 Å². The van der Waals surface area contributed by atoms with Crippen LogP contribution in [0.1, 0.15) is 35.5 Å². The van der Waals surface area contributed by atoms with Crippen molar-refractivity contribution in [2.45, 2.75) is 26.2 Å².